The highest BCUT2D eigenvalue weighted by Gasteiger charge is 2.08. The van der Waals surface area contributed by atoms with Gasteiger partial charge in [0.2, 0.25) is 0 Å². The monoisotopic (exact) mass is 295 g/mol. The molecule has 2 aromatic rings. The Bertz CT molecular complexity index is 526. The van der Waals surface area contributed by atoms with E-state index in [1.807, 2.05) is 6.92 Å². The minimum atomic E-state index is 0.553. The fraction of sp³-hybridized carbons (Fsp3) is 0.429. The predicted molar refractivity (Wildman–Crippen MR) is 82.3 cm³/mol. The number of rotatable bonds is 6. The zero-order chi connectivity index (χ0) is 13.7. The molecule has 3 nitrogen and oxygen atoms in total. The van der Waals surface area contributed by atoms with Gasteiger partial charge >= 0.3 is 0 Å². The van der Waals surface area contributed by atoms with E-state index in [1.54, 1.807) is 11.3 Å². The number of hydrogen-bond donors (Lipinski definition) is 1. The molecule has 0 spiro atoms. The van der Waals surface area contributed by atoms with Crippen molar-refractivity contribution in [1.29, 1.82) is 0 Å². The Labute approximate surface area is 123 Å². The van der Waals surface area contributed by atoms with Crippen molar-refractivity contribution in [1.82, 2.24) is 9.97 Å². The molecule has 1 N–H and O–H groups in total. The quantitative estimate of drug-likeness (QED) is 0.815. The Morgan fingerprint density at radius 3 is 2.84 bits per heavy atom. The Balaban J connectivity index is 2.02. The van der Waals surface area contributed by atoms with Gasteiger partial charge in [-0.1, -0.05) is 24.6 Å². The zero-order valence-electron chi connectivity index (χ0n) is 11.2. The summed E-state index contributed by atoms with van der Waals surface area (Å²) in [5.41, 5.74) is 0.924. The summed E-state index contributed by atoms with van der Waals surface area (Å²) in [6, 6.07) is 4.22. The van der Waals surface area contributed by atoms with Gasteiger partial charge in [-0.05, 0) is 31.2 Å². The Kier molecular flexibility index (Phi) is 5.16. The largest absolute Gasteiger partial charge is 0.369 e. The third-order valence-electron chi connectivity index (χ3n) is 2.85. The van der Waals surface area contributed by atoms with E-state index in [0.29, 0.717) is 5.15 Å². The van der Waals surface area contributed by atoms with E-state index < -0.39 is 0 Å². The van der Waals surface area contributed by atoms with E-state index in [4.69, 9.17) is 11.6 Å². The van der Waals surface area contributed by atoms with Gasteiger partial charge in [-0.25, -0.2) is 9.97 Å². The molecule has 0 unspecified atom stereocenters. The van der Waals surface area contributed by atoms with Gasteiger partial charge in [0.15, 0.2) is 0 Å². The van der Waals surface area contributed by atoms with Crippen molar-refractivity contribution in [3.63, 3.8) is 0 Å². The molecule has 0 saturated carbocycles. The topological polar surface area (TPSA) is 37.8 Å². The normalized spacial score (nSPS) is 10.7. The molecule has 0 aliphatic heterocycles. The number of halogens is 1. The van der Waals surface area contributed by atoms with Crippen molar-refractivity contribution < 1.29 is 0 Å². The fourth-order valence-electron chi connectivity index (χ4n) is 1.80. The van der Waals surface area contributed by atoms with Gasteiger partial charge in [0.05, 0.1) is 0 Å². The van der Waals surface area contributed by atoms with Crippen molar-refractivity contribution in [3.05, 3.63) is 38.9 Å². The van der Waals surface area contributed by atoms with E-state index in [-0.39, 0.29) is 0 Å². The predicted octanol–water partition coefficient (Wildman–Crippen LogP) is 4.11. The molecule has 5 heteroatoms. The van der Waals surface area contributed by atoms with Gasteiger partial charge in [-0.15, -0.1) is 11.3 Å². The van der Waals surface area contributed by atoms with Gasteiger partial charge in [-0.2, -0.15) is 0 Å². The van der Waals surface area contributed by atoms with Crippen LogP contribution in [0.25, 0.3) is 0 Å². The van der Waals surface area contributed by atoms with Crippen LogP contribution in [0, 0.1) is 6.92 Å². The maximum atomic E-state index is 6.14. The first-order valence-electron chi connectivity index (χ1n) is 6.50. The molecule has 0 aliphatic rings. The number of aromatic nitrogens is 2. The molecule has 0 radical (unpaired) electrons. The van der Waals surface area contributed by atoms with E-state index in [2.05, 4.69) is 39.7 Å². The lowest BCUT2D eigenvalue weighted by Gasteiger charge is -2.10. The van der Waals surface area contributed by atoms with Crippen LogP contribution in [0.4, 0.5) is 5.82 Å². The van der Waals surface area contributed by atoms with Crippen molar-refractivity contribution >= 4 is 28.8 Å². The van der Waals surface area contributed by atoms with Crippen LogP contribution in [-0.2, 0) is 12.8 Å². The van der Waals surface area contributed by atoms with Crippen LogP contribution in [0.5, 0.6) is 0 Å². The summed E-state index contributed by atoms with van der Waals surface area (Å²) in [6.07, 6.45) is 2.88. The van der Waals surface area contributed by atoms with Crippen LogP contribution < -0.4 is 5.32 Å². The molecule has 0 atom stereocenters. The van der Waals surface area contributed by atoms with E-state index in [1.165, 1.54) is 4.88 Å². The van der Waals surface area contributed by atoms with Crippen LogP contribution in [0.3, 0.4) is 0 Å². The molecule has 0 bridgehead atoms. The standard InChI is InChI=1S/C14H18ClN3S/c1-3-5-12-17-13(15)10(2)14(18-12)16-8-7-11-6-4-9-19-11/h4,6,9H,3,5,7-8H2,1-2H3,(H,16,17,18). The van der Waals surface area contributed by atoms with Crippen molar-refractivity contribution in [3.8, 4) is 0 Å². The highest BCUT2D eigenvalue weighted by atomic mass is 35.5. The average Bonchev–Trinajstić information content (AvgIpc) is 2.88. The first kappa shape index (κ1) is 14.3. The van der Waals surface area contributed by atoms with Gasteiger partial charge in [0.25, 0.3) is 0 Å². The smallest absolute Gasteiger partial charge is 0.137 e. The van der Waals surface area contributed by atoms with Crippen LogP contribution in [0.15, 0.2) is 17.5 Å². The second-order valence-corrected chi connectivity index (χ2v) is 5.80. The van der Waals surface area contributed by atoms with E-state index in [0.717, 1.165) is 43.0 Å². The van der Waals surface area contributed by atoms with Crippen molar-refractivity contribution in [2.45, 2.75) is 33.1 Å². The molecule has 19 heavy (non-hydrogen) atoms. The molecule has 2 heterocycles. The first-order valence-corrected chi connectivity index (χ1v) is 7.75. The van der Waals surface area contributed by atoms with Crippen LogP contribution in [0.1, 0.15) is 29.6 Å². The summed E-state index contributed by atoms with van der Waals surface area (Å²) in [4.78, 5) is 10.2. The van der Waals surface area contributed by atoms with Crippen LogP contribution in [-0.4, -0.2) is 16.5 Å². The second-order valence-electron chi connectivity index (χ2n) is 4.41. The van der Waals surface area contributed by atoms with E-state index >= 15 is 0 Å². The minimum Gasteiger partial charge on any atom is -0.369 e. The molecule has 0 aromatic carbocycles. The molecular weight excluding hydrogens is 278 g/mol. The summed E-state index contributed by atoms with van der Waals surface area (Å²) in [5.74, 6) is 1.68. The average molecular weight is 296 g/mol. The lowest BCUT2D eigenvalue weighted by atomic mass is 10.3. The number of hydrogen-bond acceptors (Lipinski definition) is 4. The first-order chi connectivity index (χ1) is 9.20. The maximum absolute atomic E-state index is 6.14. The fourth-order valence-corrected chi connectivity index (χ4v) is 2.70. The lowest BCUT2D eigenvalue weighted by Crippen LogP contribution is -2.10. The summed E-state index contributed by atoms with van der Waals surface area (Å²) in [7, 11) is 0. The number of aryl methyl sites for hydroxylation is 1. The second kappa shape index (κ2) is 6.87. The molecule has 0 saturated heterocycles. The van der Waals surface area contributed by atoms with Crippen LogP contribution in [0.2, 0.25) is 5.15 Å². The molecule has 102 valence electrons. The van der Waals surface area contributed by atoms with Gasteiger partial charge < -0.3 is 5.32 Å². The minimum absolute atomic E-state index is 0.553. The van der Waals surface area contributed by atoms with Crippen molar-refractivity contribution in [2.24, 2.45) is 0 Å². The maximum Gasteiger partial charge on any atom is 0.137 e. The Morgan fingerprint density at radius 1 is 1.32 bits per heavy atom. The summed E-state index contributed by atoms with van der Waals surface area (Å²) >= 11 is 7.92. The third-order valence-corrected chi connectivity index (χ3v) is 4.15. The van der Waals surface area contributed by atoms with Crippen molar-refractivity contribution in [2.75, 3.05) is 11.9 Å². The summed E-state index contributed by atoms with van der Waals surface area (Å²) < 4.78 is 0. The molecule has 2 rings (SSSR count). The van der Waals surface area contributed by atoms with Crippen LogP contribution >= 0.6 is 22.9 Å². The third kappa shape index (κ3) is 3.91. The van der Waals surface area contributed by atoms with Gasteiger partial charge in [0.1, 0.15) is 16.8 Å². The van der Waals surface area contributed by atoms with Gasteiger partial charge in [-0.3, -0.25) is 0 Å². The number of nitrogens with zero attached hydrogens (tertiary/aromatic N) is 2. The number of nitrogens with one attached hydrogen (secondary N) is 1. The highest BCUT2D eigenvalue weighted by Crippen LogP contribution is 2.20. The van der Waals surface area contributed by atoms with E-state index in [9.17, 15) is 0 Å². The summed E-state index contributed by atoms with van der Waals surface area (Å²) in [5, 5.41) is 6.01. The molecule has 0 amide bonds. The SMILES string of the molecule is CCCc1nc(Cl)c(C)c(NCCc2cccs2)n1. The number of anilines is 1. The number of thiophene rings is 1. The Hall–Kier alpha value is -1.13. The molecular formula is C14H18ClN3S. The zero-order valence-corrected chi connectivity index (χ0v) is 12.8. The van der Waals surface area contributed by atoms with Gasteiger partial charge in [0, 0.05) is 23.4 Å². The Morgan fingerprint density at radius 2 is 2.16 bits per heavy atom. The highest BCUT2D eigenvalue weighted by molar-refractivity contribution is 7.09. The summed E-state index contributed by atoms with van der Waals surface area (Å²) in [6.45, 7) is 4.92. The molecule has 0 fully saturated rings. The molecule has 2 aromatic heterocycles. The molecule has 0 aliphatic carbocycles. The lowest BCUT2D eigenvalue weighted by molar-refractivity contribution is 0.829.